The first-order valence-electron chi connectivity index (χ1n) is 11.2. The Bertz CT molecular complexity index is 1260. The largest absolute Gasteiger partial charge is 0.480 e. The van der Waals surface area contributed by atoms with E-state index < -0.39 is 11.7 Å². The Balaban J connectivity index is 1.55. The number of halogens is 1. The van der Waals surface area contributed by atoms with Gasteiger partial charge in [0, 0.05) is 53.0 Å². The summed E-state index contributed by atoms with van der Waals surface area (Å²) in [5, 5.41) is 0. The van der Waals surface area contributed by atoms with Crippen molar-refractivity contribution in [3.05, 3.63) is 59.4 Å². The molecule has 0 radical (unpaired) electrons. The van der Waals surface area contributed by atoms with E-state index in [9.17, 15) is 18.8 Å². The molecule has 3 heterocycles. The molecule has 3 aromatic rings. The molecule has 0 spiro atoms. The van der Waals surface area contributed by atoms with Crippen LogP contribution in [0.5, 0.6) is 5.88 Å². The first kappa shape index (κ1) is 24.3. The summed E-state index contributed by atoms with van der Waals surface area (Å²) in [6.45, 7) is 3.13. The molecule has 1 aromatic carbocycles. The minimum absolute atomic E-state index is 0.118. The summed E-state index contributed by atoms with van der Waals surface area (Å²) in [6.07, 6.45) is 3.57. The van der Waals surface area contributed by atoms with Crippen LogP contribution >= 0.6 is 0 Å². The Kier molecular flexibility index (Phi) is 7.06. The van der Waals surface area contributed by atoms with Crippen molar-refractivity contribution in [2.45, 2.75) is 13.0 Å². The fraction of sp³-hybridized carbons (Fsp3) is 0.375. The molecule has 1 aliphatic heterocycles. The summed E-state index contributed by atoms with van der Waals surface area (Å²) in [6, 6.07) is 6.42. The van der Waals surface area contributed by atoms with Crippen LogP contribution in [0, 0.1) is 5.82 Å². The van der Waals surface area contributed by atoms with Gasteiger partial charge in [-0.15, -0.1) is 0 Å². The number of Topliss-reactive ketones (excluding diaryl/α,β-unsaturated/α-hetero) is 1. The number of likely N-dealkylation sites (N-methyl/N-ethyl adjacent to an activating group) is 1. The van der Waals surface area contributed by atoms with Crippen LogP contribution in [0.3, 0.4) is 0 Å². The molecule has 0 atom stereocenters. The molecule has 11 heteroatoms. The third-order valence-electron chi connectivity index (χ3n) is 5.90. The zero-order valence-corrected chi connectivity index (χ0v) is 19.9. The van der Waals surface area contributed by atoms with Crippen LogP contribution in [0.4, 0.5) is 4.39 Å². The number of nitrogens with zero attached hydrogens (tertiary/aromatic N) is 6. The van der Waals surface area contributed by atoms with Crippen molar-refractivity contribution in [3.8, 4) is 5.88 Å². The zero-order chi connectivity index (χ0) is 25.1. The Morgan fingerprint density at radius 3 is 2.51 bits per heavy atom. The summed E-state index contributed by atoms with van der Waals surface area (Å²) >= 11 is 0. The second-order valence-corrected chi connectivity index (χ2v) is 8.55. The van der Waals surface area contributed by atoms with Gasteiger partial charge in [-0.1, -0.05) is 12.1 Å². The van der Waals surface area contributed by atoms with Crippen molar-refractivity contribution in [3.63, 3.8) is 0 Å². The average molecular weight is 483 g/mol. The Labute approximate surface area is 201 Å². The van der Waals surface area contributed by atoms with Crippen LogP contribution in [0.25, 0.3) is 5.65 Å². The number of methoxy groups -OCH3 is 1. The van der Waals surface area contributed by atoms with Gasteiger partial charge in [-0.25, -0.2) is 9.37 Å². The van der Waals surface area contributed by atoms with Gasteiger partial charge in [-0.3, -0.25) is 23.7 Å². The topological polar surface area (TPSA) is 100 Å². The predicted molar refractivity (Wildman–Crippen MR) is 125 cm³/mol. The lowest BCUT2D eigenvalue weighted by Gasteiger charge is -2.22. The second-order valence-electron chi connectivity index (χ2n) is 8.55. The fourth-order valence-corrected chi connectivity index (χ4v) is 4.03. The smallest absolute Gasteiger partial charge is 0.297 e. The van der Waals surface area contributed by atoms with E-state index in [4.69, 9.17) is 4.74 Å². The molecular weight excluding hydrogens is 455 g/mol. The molecule has 184 valence electrons. The number of amides is 2. The summed E-state index contributed by atoms with van der Waals surface area (Å²) < 4.78 is 19.9. The van der Waals surface area contributed by atoms with Crippen molar-refractivity contribution in [2.24, 2.45) is 0 Å². The third kappa shape index (κ3) is 5.14. The number of hydrogen-bond donors (Lipinski definition) is 0. The lowest BCUT2D eigenvalue weighted by Crippen LogP contribution is -2.35. The molecule has 0 saturated carbocycles. The summed E-state index contributed by atoms with van der Waals surface area (Å²) in [5.41, 5.74) is 1.47. The van der Waals surface area contributed by atoms with Gasteiger partial charge in [0.05, 0.1) is 13.3 Å². The standard InChI is InChI=1S/C24H27FN6O4/c1-28(2)24(34)20(32)21-26-13-19-27-22(35-3)18(15-31(19)21)23(33)30-10-4-9-29(11-12-30)14-16-5-7-17(25)8-6-16/h5-8,13,15H,4,9-12,14H2,1-3H3. The number of imidazole rings is 1. The summed E-state index contributed by atoms with van der Waals surface area (Å²) in [4.78, 5) is 51.7. The van der Waals surface area contributed by atoms with E-state index in [1.807, 2.05) is 0 Å². The van der Waals surface area contributed by atoms with E-state index >= 15 is 0 Å². The van der Waals surface area contributed by atoms with Gasteiger partial charge in [0.2, 0.25) is 5.88 Å². The van der Waals surface area contributed by atoms with Crippen molar-refractivity contribution >= 4 is 23.2 Å². The minimum Gasteiger partial charge on any atom is -0.480 e. The normalized spacial score (nSPS) is 14.6. The molecule has 10 nitrogen and oxygen atoms in total. The van der Waals surface area contributed by atoms with Crippen molar-refractivity contribution in [2.75, 3.05) is 47.4 Å². The van der Waals surface area contributed by atoms with Crippen LogP contribution in [-0.4, -0.2) is 94.1 Å². The summed E-state index contributed by atoms with van der Waals surface area (Å²) in [5.74, 6) is -2.08. The molecule has 2 amide bonds. The Morgan fingerprint density at radius 2 is 1.83 bits per heavy atom. The van der Waals surface area contributed by atoms with Crippen LogP contribution in [0.15, 0.2) is 36.7 Å². The SMILES string of the molecule is COc1nc2cnc(C(=O)C(=O)N(C)C)n2cc1C(=O)N1CCCN(Cc2ccc(F)cc2)CC1. The molecule has 1 saturated heterocycles. The van der Waals surface area contributed by atoms with Crippen LogP contribution < -0.4 is 4.74 Å². The molecule has 4 rings (SSSR count). The highest BCUT2D eigenvalue weighted by atomic mass is 19.1. The number of fused-ring (bicyclic) bond motifs is 1. The highest BCUT2D eigenvalue weighted by Crippen LogP contribution is 2.21. The number of carbonyl (C=O) groups excluding carboxylic acids is 3. The number of aromatic nitrogens is 3. The number of rotatable bonds is 6. The van der Waals surface area contributed by atoms with Gasteiger partial charge < -0.3 is 14.5 Å². The van der Waals surface area contributed by atoms with Gasteiger partial charge in [0.25, 0.3) is 17.6 Å². The number of ketones is 1. The van der Waals surface area contributed by atoms with E-state index in [-0.39, 0.29) is 34.6 Å². The Hall–Kier alpha value is -3.86. The van der Waals surface area contributed by atoms with Crippen LogP contribution in [0.1, 0.15) is 33.0 Å². The summed E-state index contributed by atoms with van der Waals surface area (Å²) in [7, 11) is 4.37. The number of hydrogen-bond acceptors (Lipinski definition) is 7. The van der Waals surface area contributed by atoms with Gasteiger partial charge in [0.15, 0.2) is 11.5 Å². The molecule has 0 unspecified atom stereocenters. The highest BCUT2D eigenvalue weighted by Gasteiger charge is 2.28. The molecular formula is C24H27FN6O4. The van der Waals surface area contributed by atoms with Crippen LogP contribution in [-0.2, 0) is 11.3 Å². The first-order chi connectivity index (χ1) is 16.8. The maximum atomic E-state index is 13.5. The molecule has 0 aliphatic carbocycles. The molecule has 0 bridgehead atoms. The molecule has 1 aliphatic rings. The van der Waals surface area contributed by atoms with E-state index in [0.717, 1.165) is 18.5 Å². The van der Waals surface area contributed by atoms with Crippen molar-refractivity contribution in [1.29, 1.82) is 0 Å². The maximum absolute atomic E-state index is 13.5. The number of carbonyl (C=O) groups is 3. The van der Waals surface area contributed by atoms with Gasteiger partial charge in [-0.2, -0.15) is 4.98 Å². The first-order valence-corrected chi connectivity index (χ1v) is 11.2. The van der Waals surface area contributed by atoms with E-state index in [1.54, 1.807) is 17.0 Å². The predicted octanol–water partition coefficient (Wildman–Crippen LogP) is 1.50. The monoisotopic (exact) mass is 482 g/mol. The maximum Gasteiger partial charge on any atom is 0.297 e. The zero-order valence-electron chi connectivity index (χ0n) is 19.9. The van der Waals surface area contributed by atoms with Gasteiger partial charge >= 0.3 is 0 Å². The average Bonchev–Trinajstić information content (AvgIpc) is 3.13. The van der Waals surface area contributed by atoms with Crippen LogP contribution in [0.2, 0.25) is 0 Å². The van der Waals surface area contributed by atoms with Crippen molar-refractivity contribution < 1.29 is 23.5 Å². The van der Waals surface area contributed by atoms with Gasteiger partial charge in [-0.05, 0) is 24.1 Å². The minimum atomic E-state index is -0.799. The molecule has 0 N–H and O–H groups in total. The second kappa shape index (κ2) is 10.2. The van der Waals surface area contributed by atoms with Gasteiger partial charge in [0.1, 0.15) is 11.4 Å². The lowest BCUT2D eigenvalue weighted by molar-refractivity contribution is -0.124. The molecule has 35 heavy (non-hydrogen) atoms. The molecule has 2 aromatic heterocycles. The van der Waals surface area contributed by atoms with E-state index in [2.05, 4.69) is 14.9 Å². The Morgan fingerprint density at radius 1 is 1.09 bits per heavy atom. The van der Waals surface area contributed by atoms with E-state index in [1.165, 1.54) is 55.0 Å². The molecule has 1 fully saturated rings. The van der Waals surface area contributed by atoms with Crippen molar-refractivity contribution in [1.82, 2.24) is 29.1 Å². The number of ether oxygens (including phenoxy) is 1. The quantitative estimate of drug-likeness (QED) is 0.388. The highest BCUT2D eigenvalue weighted by molar-refractivity contribution is 6.41. The fourth-order valence-electron chi connectivity index (χ4n) is 4.03. The number of benzene rings is 1. The van der Waals surface area contributed by atoms with E-state index in [0.29, 0.717) is 26.2 Å². The third-order valence-corrected chi connectivity index (χ3v) is 5.90. The lowest BCUT2D eigenvalue weighted by atomic mass is 10.2.